The molecule has 0 atom stereocenters. The fourth-order valence-electron chi connectivity index (χ4n) is 3.26. The van der Waals surface area contributed by atoms with Crippen LogP contribution in [0, 0.1) is 0 Å². The van der Waals surface area contributed by atoms with Crippen molar-refractivity contribution in [2.45, 2.75) is 0 Å². The van der Waals surface area contributed by atoms with Crippen LogP contribution in [0.5, 0.6) is 0 Å². The minimum atomic E-state index is -0.295. The quantitative estimate of drug-likeness (QED) is 0.392. The van der Waals surface area contributed by atoms with Crippen LogP contribution in [-0.2, 0) is 7.05 Å². The number of amides is 1. The van der Waals surface area contributed by atoms with Crippen LogP contribution in [0.1, 0.15) is 10.4 Å². The summed E-state index contributed by atoms with van der Waals surface area (Å²) in [5.41, 5.74) is 2.45. The van der Waals surface area contributed by atoms with E-state index >= 15 is 0 Å². The van der Waals surface area contributed by atoms with Gasteiger partial charge in [0.05, 0.1) is 28.0 Å². The van der Waals surface area contributed by atoms with Gasteiger partial charge in [0.25, 0.3) is 11.6 Å². The number of carbonyl (C=O) groups is 1. The number of rotatable bonds is 3. The molecule has 0 fully saturated rings. The third kappa shape index (κ3) is 3.43. The van der Waals surface area contributed by atoms with Gasteiger partial charge in [-0.3, -0.25) is 9.42 Å². The van der Waals surface area contributed by atoms with Crippen LogP contribution in [-0.4, -0.2) is 30.5 Å². The Morgan fingerprint density at radius 2 is 2.00 bits per heavy atom. The Bertz CT molecular complexity index is 1490. The maximum absolute atomic E-state index is 13.0. The summed E-state index contributed by atoms with van der Waals surface area (Å²) in [6.45, 7) is 0. The van der Waals surface area contributed by atoms with Gasteiger partial charge in [-0.15, -0.1) is 0 Å². The Balaban J connectivity index is 1.52. The van der Waals surface area contributed by atoms with E-state index < -0.39 is 0 Å². The van der Waals surface area contributed by atoms with Crippen molar-refractivity contribution in [3.63, 3.8) is 0 Å². The molecule has 1 amide bonds. The first kappa shape index (κ1) is 19.3. The number of anilines is 1. The number of carbonyl (C=O) groups excluding carboxylic acids is 1. The number of H-pyrrole nitrogens is 1. The second-order valence-corrected chi connectivity index (χ2v) is 7.42. The molecule has 0 bridgehead atoms. The number of hydrogen-bond acceptors (Lipinski definition) is 5. The van der Waals surface area contributed by atoms with Crippen molar-refractivity contribution in [3.8, 4) is 5.69 Å². The van der Waals surface area contributed by atoms with Gasteiger partial charge in [-0.1, -0.05) is 41.4 Å². The van der Waals surface area contributed by atoms with E-state index in [-0.39, 0.29) is 27.4 Å². The summed E-state index contributed by atoms with van der Waals surface area (Å²) in [4.78, 5) is 22.1. The van der Waals surface area contributed by atoms with E-state index in [0.29, 0.717) is 16.9 Å². The van der Waals surface area contributed by atoms with Crippen LogP contribution in [0.25, 0.3) is 28.0 Å². The molecule has 5 rings (SSSR count). The smallest absolute Gasteiger partial charge is 0.296 e. The lowest BCUT2D eigenvalue weighted by Crippen LogP contribution is -2.14. The van der Waals surface area contributed by atoms with Crippen molar-refractivity contribution >= 4 is 57.1 Å². The summed E-state index contributed by atoms with van der Waals surface area (Å²) in [6.07, 6.45) is 3.25. The van der Waals surface area contributed by atoms with E-state index in [1.165, 1.54) is 6.20 Å². The number of nitrogens with one attached hydrogen (secondary N) is 2. The topological polar surface area (TPSA) is 107 Å². The van der Waals surface area contributed by atoms with Gasteiger partial charge in [0.2, 0.25) is 5.65 Å². The maximum Gasteiger partial charge on any atom is 0.296 e. The zero-order valence-electron chi connectivity index (χ0n) is 16.0. The number of hydrogen-bond donors (Lipinski definition) is 2. The predicted molar refractivity (Wildman–Crippen MR) is 116 cm³/mol. The number of halogens is 2. The standard InChI is InChI=1S/C20H14Cl2N6O3/c1-27-9-8-11-4-2-5-12(17(11)27)19(29)24-13-6-3-7-14(16(13)22)28-30-20-18(26-31-28)25-15(21)10-23-20/h2-10H,1H3,(H,24,29)(H,25,26). The first-order chi connectivity index (χ1) is 15.0. The first-order valence-electron chi connectivity index (χ1n) is 9.09. The molecule has 3 heterocycles. The molecule has 0 saturated heterocycles. The monoisotopic (exact) mass is 456 g/mol. The van der Waals surface area contributed by atoms with Gasteiger partial charge >= 0.3 is 0 Å². The van der Waals surface area contributed by atoms with Crippen molar-refractivity contribution in [3.05, 3.63) is 70.6 Å². The zero-order chi connectivity index (χ0) is 21.5. The van der Waals surface area contributed by atoms with Crippen molar-refractivity contribution in [2.75, 3.05) is 5.32 Å². The van der Waals surface area contributed by atoms with E-state index in [1.807, 2.05) is 36.0 Å². The fraction of sp³-hybridized carbons (Fsp3) is 0.0500. The first-order valence-corrected chi connectivity index (χ1v) is 9.84. The number of fused-ring (bicyclic) bond motifs is 2. The summed E-state index contributed by atoms with van der Waals surface area (Å²) < 4.78 is 12.8. The van der Waals surface area contributed by atoms with Crippen molar-refractivity contribution in [1.82, 2.24) is 24.6 Å². The highest BCUT2D eigenvalue weighted by Crippen LogP contribution is 2.30. The normalized spacial score (nSPS) is 11.2. The Hall–Kier alpha value is -3.69. The van der Waals surface area contributed by atoms with Gasteiger partial charge in [0, 0.05) is 18.6 Å². The summed E-state index contributed by atoms with van der Waals surface area (Å²) in [5.74, 6) is -0.295. The largest absolute Gasteiger partial charge is 0.350 e. The van der Waals surface area contributed by atoms with Crippen molar-refractivity contribution < 1.29 is 13.9 Å². The van der Waals surface area contributed by atoms with Gasteiger partial charge in [-0.05, 0) is 29.2 Å². The molecule has 0 aliphatic rings. The minimum Gasteiger partial charge on any atom is -0.350 e. The van der Waals surface area contributed by atoms with Gasteiger partial charge < -0.3 is 14.4 Å². The number of para-hydroxylation sites is 1. The molecule has 0 spiro atoms. The number of aromatic amines is 1. The summed E-state index contributed by atoms with van der Waals surface area (Å²) in [6, 6.07) is 12.5. The van der Waals surface area contributed by atoms with Gasteiger partial charge in [0.1, 0.15) is 10.8 Å². The van der Waals surface area contributed by atoms with Gasteiger partial charge in [0.15, 0.2) is 0 Å². The van der Waals surface area contributed by atoms with Crippen LogP contribution >= 0.6 is 23.2 Å². The molecule has 0 saturated carbocycles. The van der Waals surface area contributed by atoms with Crippen LogP contribution in [0.2, 0.25) is 10.2 Å². The summed E-state index contributed by atoms with van der Waals surface area (Å²) >= 11 is 12.4. The van der Waals surface area contributed by atoms with E-state index in [0.717, 1.165) is 15.8 Å². The molecule has 0 aliphatic carbocycles. The third-order valence-corrected chi connectivity index (χ3v) is 5.25. The lowest BCUT2D eigenvalue weighted by atomic mass is 10.1. The maximum atomic E-state index is 13.0. The molecule has 2 aromatic carbocycles. The Labute approximate surface area is 184 Å². The molecule has 3 aromatic heterocycles. The molecule has 0 aliphatic heterocycles. The molecule has 5 aromatic rings. The van der Waals surface area contributed by atoms with E-state index in [9.17, 15) is 4.79 Å². The van der Waals surface area contributed by atoms with Gasteiger partial charge in [-0.25, -0.2) is 9.97 Å². The number of aryl methyl sites for hydroxylation is 1. The Morgan fingerprint density at radius 3 is 2.87 bits per heavy atom. The SMILES string of the molecule is Cn1ccc2cccc(C(=O)Nc3cccc(-n4o[nH]c5nc(Cl)cnc5o4)c3Cl)c21. The molecule has 0 unspecified atom stereocenters. The van der Waals surface area contributed by atoms with Crippen molar-refractivity contribution in [1.29, 1.82) is 0 Å². The van der Waals surface area contributed by atoms with Crippen LogP contribution < -0.4 is 5.32 Å². The third-order valence-electron chi connectivity index (χ3n) is 4.67. The highest BCUT2D eigenvalue weighted by atomic mass is 35.5. The number of aromatic nitrogens is 5. The van der Waals surface area contributed by atoms with E-state index in [2.05, 4.69) is 20.4 Å². The molecule has 0 radical (unpaired) electrons. The molecule has 31 heavy (non-hydrogen) atoms. The molecule has 9 nitrogen and oxygen atoms in total. The van der Waals surface area contributed by atoms with Gasteiger partial charge in [-0.2, -0.15) is 5.16 Å². The van der Waals surface area contributed by atoms with Crippen LogP contribution in [0.4, 0.5) is 5.69 Å². The molecular formula is C20H14Cl2N6O3. The van der Waals surface area contributed by atoms with E-state index in [4.69, 9.17) is 32.4 Å². The lowest BCUT2D eigenvalue weighted by Gasteiger charge is -2.12. The fourth-order valence-corrected chi connectivity index (χ4v) is 3.63. The molecular weight excluding hydrogens is 443 g/mol. The molecule has 156 valence electrons. The second-order valence-electron chi connectivity index (χ2n) is 6.65. The van der Waals surface area contributed by atoms with E-state index in [1.54, 1.807) is 24.3 Å². The zero-order valence-corrected chi connectivity index (χ0v) is 17.5. The highest BCUT2D eigenvalue weighted by molar-refractivity contribution is 6.35. The minimum absolute atomic E-state index is 0.150. The Morgan fingerprint density at radius 1 is 1.16 bits per heavy atom. The Kier molecular flexibility index (Phi) is 4.68. The van der Waals surface area contributed by atoms with Crippen molar-refractivity contribution in [2.24, 2.45) is 7.05 Å². The summed E-state index contributed by atoms with van der Waals surface area (Å²) in [7, 11) is 1.89. The molecule has 11 heteroatoms. The second kappa shape index (κ2) is 7.53. The summed E-state index contributed by atoms with van der Waals surface area (Å²) in [5, 5.41) is 6.80. The average Bonchev–Trinajstić information content (AvgIpc) is 3.16. The average molecular weight is 457 g/mol. The lowest BCUT2D eigenvalue weighted by molar-refractivity contribution is 0.0713. The van der Waals surface area contributed by atoms with Crippen LogP contribution in [0.15, 0.2) is 64.0 Å². The predicted octanol–water partition coefficient (Wildman–Crippen LogP) is 5.11. The number of nitrogens with zero attached hydrogens (tertiary/aromatic N) is 4. The molecule has 2 N–H and O–H groups in total. The highest BCUT2D eigenvalue weighted by Gasteiger charge is 2.17. The van der Waals surface area contributed by atoms with Crippen LogP contribution in [0.3, 0.4) is 0 Å². The number of benzene rings is 2.